The first-order valence-electron chi connectivity index (χ1n) is 6.50. The van der Waals surface area contributed by atoms with Crippen LogP contribution in [0, 0.1) is 5.82 Å². The number of phenols is 1. The Bertz CT molecular complexity index is 393. The van der Waals surface area contributed by atoms with Crippen molar-refractivity contribution in [2.75, 3.05) is 12.3 Å². The molecule has 1 saturated heterocycles. The second-order valence-electron chi connectivity index (χ2n) is 4.82. The first-order chi connectivity index (χ1) is 8.66. The molecule has 18 heavy (non-hydrogen) atoms. The monoisotopic (exact) mass is 269 g/mol. The van der Waals surface area contributed by atoms with Crippen LogP contribution in [0.15, 0.2) is 18.2 Å². The summed E-state index contributed by atoms with van der Waals surface area (Å²) in [5, 5.41) is 13.8. The van der Waals surface area contributed by atoms with Crippen LogP contribution in [-0.4, -0.2) is 22.7 Å². The van der Waals surface area contributed by atoms with E-state index in [2.05, 4.69) is 5.32 Å². The number of halogens is 1. The smallest absolute Gasteiger partial charge is 0.126 e. The minimum Gasteiger partial charge on any atom is -0.508 e. The first-order valence-corrected chi connectivity index (χ1v) is 7.55. The molecule has 100 valence electrons. The summed E-state index contributed by atoms with van der Waals surface area (Å²) in [5.74, 6) is 0.889. The molecule has 1 aromatic rings. The predicted molar refractivity (Wildman–Crippen MR) is 74.6 cm³/mol. The second kappa shape index (κ2) is 6.43. The van der Waals surface area contributed by atoms with Crippen molar-refractivity contribution in [1.29, 1.82) is 0 Å². The van der Waals surface area contributed by atoms with Crippen molar-refractivity contribution in [2.45, 2.75) is 37.5 Å². The Kier molecular flexibility index (Phi) is 4.89. The lowest BCUT2D eigenvalue weighted by Gasteiger charge is -2.24. The van der Waals surface area contributed by atoms with Crippen LogP contribution in [0.25, 0.3) is 0 Å². The van der Waals surface area contributed by atoms with E-state index in [0.29, 0.717) is 5.25 Å². The van der Waals surface area contributed by atoms with Gasteiger partial charge in [0.15, 0.2) is 0 Å². The van der Waals surface area contributed by atoms with Crippen molar-refractivity contribution >= 4 is 11.8 Å². The van der Waals surface area contributed by atoms with Crippen molar-refractivity contribution in [2.24, 2.45) is 0 Å². The lowest BCUT2D eigenvalue weighted by Crippen LogP contribution is -2.29. The van der Waals surface area contributed by atoms with Gasteiger partial charge in [-0.1, -0.05) is 12.5 Å². The number of phenolic OH excluding ortho intramolecular Hbond substituents is 1. The fourth-order valence-corrected chi connectivity index (χ4v) is 3.52. The number of thioether (sulfide) groups is 1. The number of rotatable bonds is 4. The molecule has 1 aliphatic rings. The standard InChI is InChI=1S/C14H20FNOS/c1-10(13-6-5-11(15)8-14(13)17)16-9-12-4-2-3-7-18-12/h5-6,8,10,12,16-17H,2-4,7,9H2,1H3. The van der Waals surface area contributed by atoms with Crippen LogP contribution in [0.5, 0.6) is 5.75 Å². The van der Waals surface area contributed by atoms with Gasteiger partial charge in [-0.3, -0.25) is 0 Å². The van der Waals surface area contributed by atoms with Crippen molar-refractivity contribution in [3.63, 3.8) is 0 Å². The normalized spacial score (nSPS) is 21.8. The minimum absolute atomic E-state index is 0.0336. The molecule has 2 N–H and O–H groups in total. The van der Waals surface area contributed by atoms with Gasteiger partial charge in [-0.25, -0.2) is 4.39 Å². The van der Waals surface area contributed by atoms with Gasteiger partial charge in [0.25, 0.3) is 0 Å². The zero-order chi connectivity index (χ0) is 13.0. The molecule has 0 bridgehead atoms. The fraction of sp³-hybridized carbons (Fsp3) is 0.571. The van der Waals surface area contributed by atoms with Crippen LogP contribution in [0.4, 0.5) is 4.39 Å². The van der Waals surface area contributed by atoms with Crippen LogP contribution < -0.4 is 5.32 Å². The van der Waals surface area contributed by atoms with E-state index in [4.69, 9.17) is 0 Å². The highest BCUT2D eigenvalue weighted by molar-refractivity contribution is 7.99. The summed E-state index contributed by atoms with van der Waals surface area (Å²) in [4.78, 5) is 0. The molecule has 2 nitrogen and oxygen atoms in total. The summed E-state index contributed by atoms with van der Waals surface area (Å²) >= 11 is 2.02. The molecule has 2 atom stereocenters. The van der Waals surface area contributed by atoms with Crippen molar-refractivity contribution < 1.29 is 9.50 Å². The van der Waals surface area contributed by atoms with Crippen LogP contribution in [0.1, 0.15) is 37.8 Å². The van der Waals surface area contributed by atoms with Gasteiger partial charge in [-0.2, -0.15) is 11.8 Å². The number of hydrogen-bond acceptors (Lipinski definition) is 3. The van der Waals surface area contributed by atoms with E-state index in [1.54, 1.807) is 6.07 Å². The molecule has 1 aliphatic heterocycles. The Balaban J connectivity index is 1.88. The summed E-state index contributed by atoms with van der Waals surface area (Å²) in [5.41, 5.74) is 0.761. The Morgan fingerprint density at radius 2 is 2.33 bits per heavy atom. The van der Waals surface area contributed by atoms with E-state index < -0.39 is 5.82 Å². The maximum absolute atomic E-state index is 12.9. The van der Waals surface area contributed by atoms with Gasteiger partial charge in [0, 0.05) is 29.5 Å². The molecule has 0 aliphatic carbocycles. The zero-order valence-electron chi connectivity index (χ0n) is 10.7. The van der Waals surface area contributed by atoms with E-state index in [-0.39, 0.29) is 11.8 Å². The molecule has 0 amide bonds. The summed E-state index contributed by atoms with van der Waals surface area (Å²) in [7, 11) is 0. The average Bonchev–Trinajstić information content (AvgIpc) is 2.37. The maximum atomic E-state index is 12.9. The Morgan fingerprint density at radius 3 is 3.00 bits per heavy atom. The minimum atomic E-state index is -0.397. The third kappa shape index (κ3) is 3.62. The highest BCUT2D eigenvalue weighted by Gasteiger charge is 2.16. The molecule has 0 aromatic heterocycles. The zero-order valence-corrected chi connectivity index (χ0v) is 11.5. The maximum Gasteiger partial charge on any atom is 0.126 e. The van der Waals surface area contributed by atoms with Crippen molar-refractivity contribution in [1.82, 2.24) is 5.32 Å². The lowest BCUT2D eigenvalue weighted by molar-refractivity contribution is 0.445. The van der Waals surface area contributed by atoms with E-state index in [1.807, 2.05) is 18.7 Å². The summed E-state index contributed by atoms with van der Waals surface area (Å²) < 4.78 is 12.9. The van der Waals surface area contributed by atoms with Gasteiger partial charge in [-0.15, -0.1) is 0 Å². The molecule has 1 heterocycles. The van der Waals surface area contributed by atoms with Gasteiger partial charge in [0.1, 0.15) is 11.6 Å². The second-order valence-corrected chi connectivity index (χ2v) is 6.23. The summed E-state index contributed by atoms with van der Waals surface area (Å²) in [6, 6.07) is 4.26. The number of nitrogens with one attached hydrogen (secondary N) is 1. The molecular weight excluding hydrogens is 249 g/mol. The van der Waals surface area contributed by atoms with E-state index in [9.17, 15) is 9.50 Å². The van der Waals surface area contributed by atoms with Crippen molar-refractivity contribution in [3.05, 3.63) is 29.6 Å². The SMILES string of the molecule is CC(NCC1CCCCS1)c1ccc(F)cc1O. The topological polar surface area (TPSA) is 32.3 Å². The van der Waals surface area contributed by atoms with Crippen LogP contribution in [-0.2, 0) is 0 Å². The van der Waals surface area contributed by atoms with Gasteiger partial charge < -0.3 is 10.4 Å². The van der Waals surface area contributed by atoms with E-state index >= 15 is 0 Å². The first kappa shape index (κ1) is 13.7. The predicted octanol–water partition coefficient (Wildman–Crippen LogP) is 3.47. The Morgan fingerprint density at radius 1 is 1.50 bits per heavy atom. The van der Waals surface area contributed by atoms with Crippen molar-refractivity contribution in [3.8, 4) is 5.75 Å². The van der Waals surface area contributed by atoms with E-state index in [1.165, 1.54) is 37.1 Å². The number of hydrogen-bond donors (Lipinski definition) is 2. The number of benzene rings is 1. The van der Waals surface area contributed by atoms with Crippen LogP contribution in [0.2, 0.25) is 0 Å². The summed E-state index contributed by atoms with van der Waals surface area (Å²) in [6.07, 6.45) is 3.91. The van der Waals surface area contributed by atoms with Gasteiger partial charge in [-0.05, 0) is 31.6 Å². The molecule has 0 saturated carbocycles. The van der Waals surface area contributed by atoms with Gasteiger partial charge >= 0.3 is 0 Å². The molecular formula is C14H20FNOS. The highest BCUT2D eigenvalue weighted by Crippen LogP contribution is 2.27. The average molecular weight is 269 g/mol. The quantitative estimate of drug-likeness (QED) is 0.878. The summed E-state index contributed by atoms with van der Waals surface area (Å²) in [6.45, 7) is 2.95. The third-order valence-corrected chi connectivity index (χ3v) is 4.78. The highest BCUT2D eigenvalue weighted by atomic mass is 32.2. The molecule has 2 unspecified atom stereocenters. The third-order valence-electron chi connectivity index (χ3n) is 3.38. The van der Waals surface area contributed by atoms with Gasteiger partial charge in [0.2, 0.25) is 0 Å². The molecule has 2 rings (SSSR count). The number of aromatic hydroxyl groups is 1. The molecule has 1 aromatic carbocycles. The molecule has 0 radical (unpaired) electrons. The van der Waals surface area contributed by atoms with Crippen LogP contribution >= 0.6 is 11.8 Å². The van der Waals surface area contributed by atoms with Gasteiger partial charge in [0.05, 0.1) is 0 Å². The largest absolute Gasteiger partial charge is 0.508 e. The Hall–Kier alpha value is -0.740. The fourth-order valence-electron chi connectivity index (χ4n) is 2.27. The molecule has 1 fully saturated rings. The lowest BCUT2D eigenvalue weighted by atomic mass is 10.1. The van der Waals surface area contributed by atoms with Crippen LogP contribution in [0.3, 0.4) is 0 Å². The Labute approximate surface area is 112 Å². The molecule has 4 heteroatoms. The molecule has 0 spiro atoms. The van der Waals surface area contributed by atoms with E-state index in [0.717, 1.165) is 12.1 Å².